The lowest BCUT2D eigenvalue weighted by molar-refractivity contribution is -0.124. The van der Waals surface area contributed by atoms with E-state index >= 15 is 0 Å². The summed E-state index contributed by atoms with van der Waals surface area (Å²) in [5.74, 6) is -0.304. The van der Waals surface area contributed by atoms with E-state index in [0.717, 1.165) is 0 Å². The molecule has 1 aliphatic rings. The Morgan fingerprint density at radius 1 is 1.44 bits per heavy atom. The summed E-state index contributed by atoms with van der Waals surface area (Å²) in [6.07, 6.45) is 0. The average Bonchev–Trinajstić information content (AvgIpc) is 2.33. The Balaban J connectivity index is 2.34. The van der Waals surface area contributed by atoms with Gasteiger partial charge in [-0.05, 0) is 26.0 Å². The molecule has 18 heavy (non-hydrogen) atoms. The van der Waals surface area contributed by atoms with Crippen LogP contribution in [0.1, 0.15) is 13.8 Å². The largest absolute Gasteiger partial charge is 0.494 e. The number of hydrogen-bond acceptors (Lipinski definition) is 3. The van der Waals surface area contributed by atoms with Gasteiger partial charge in [0.1, 0.15) is 0 Å². The molecule has 0 spiro atoms. The van der Waals surface area contributed by atoms with Gasteiger partial charge in [0, 0.05) is 24.8 Å². The number of carbonyl (C=O) groups excluding carboxylic acids is 1. The summed E-state index contributed by atoms with van der Waals surface area (Å²) in [5.41, 5.74) is 0.0627. The fourth-order valence-electron chi connectivity index (χ4n) is 2.06. The molecule has 1 heterocycles. The van der Waals surface area contributed by atoms with E-state index in [0.29, 0.717) is 18.8 Å². The number of ether oxygens (including phenoxy) is 1. The fourth-order valence-corrected chi connectivity index (χ4v) is 2.06. The molecule has 1 aromatic carbocycles. The standard InChI is InChI=1S/C13H17FN2O2/c1-13(2)12(17)16(7-6-15-13)9-4-5-10(14)11(8-9)18-3/h4-5,8,15H,6-7H2,1-3H3. The minimum Gasteiger partial charge on any atom is -0.494 e. The molecule has 0 aliphatic carbocycles. The molecule has 0 aromatic heterocycles. The third-order valence-corrected chi connectivity index (χ3v) is 3.13. The number of carbonyl (C=O) groups is 1. The molecule has 0 radical (unpaired) electrons. The second-order valence-electron chi connectivity index (χ2n) is 4.83. The van der Waals surface area contributed by atoms with Gasteiger partial charge in [-0.1, -0.05) is 0 Å². The smallest absolute Gasteiger partial charge is 0.246 e. The molecule has 0 atom stereocenters. The maximum Gasteiger partial charge on any atom is 0.246 e. The van der Waals surface area contributed by atoms with Crippen LogP contribution in [0.5, 0.6) is 5.75 Å². The van der Waals surface area contributed by atoms with Gasteiger partial charge in [-0.2, -0.15) is 0 Å². The molecule has 2 rings (SSSR count). The van der Waals surface area contributed by atoms with E-state index in [4.69, 9.17) is 4.74 Å². The highest BCUT2D eigenvalue weighted by Gasteiger charge is 2.36. The summed E-state index contributed by atoms with van der Waals surface area (Å²) in [6.45, 7) is 4.94. The van der Waals surface area contributed by atoms with Crippen LogP contribution in [0, 0.1) is 5.82 Å². The van der Waals surface area contributed by atoms with E-state index in [-0.39, 0.29) is 11.7 Å². The molecular weight excluding hydrogens is 235 g/mol. The van der Waals surface area contributed by atoms with E-state index in [9.17, 15) is 9.18 Å². The molecule has 4 nitrogen and oxygen atoms in total. The van der Waals surface area contributed by atoms with Crippen molar-refractivity contribution in [1.82, 2.24) is 5.32 Å². The zero-order valence-electron chi connectivity index (χ0n) is 10.8. The van der Waals surface area contributed by atoms with Gasteiger partial charge in [-0.15, -0.1) is 0 Å². The Bertz CT molecular complexity index is 474. The van der Waals surface area contributed by atoms with Gasteiger partial charge >= 0.3 is 0 Å². The van der Waals surface area contributed by atoms with Gasteiger partial charge in [0.05, 0.1) is 12.6 Å². The van der Waals surface area contributed by atoms with E-state index in [2.05, 4.69) is 5.32 Å². The molecular formula is C13H17FN2O2. The van der Waals surface area contributed by atoms with Crippen LogP contribution in [0.2, 0.25) is 0 Å². The molecule has 0 bridgehead atoms. The molecule has 1 fully saturated rings. The number of nitrogens with one attached hydrogen (secondary N) is 1. The van der Waals surface area contributed by atoms with Crippen LogP contribution in [0.3, 0.4) is 0 Å². The highest BCUT2D eigenvalue weighted by Crippen LogP contribution is 2.27. The highest BCUT2D eigenvalue weighted by molar-refractivity contribution is 6.00. The first kappa shape index (κ1) is 12.8. The molecule has 0 unspecified atom stereocenters. The topological polar surface area (TPSA) is 41.6 Å². The Kier molecular flexibility index (Phi) is 3.26. The Labute approximate surface area is 106 Å². The maximum atomic E-state index is 13.3. The minimum absolute atomic E-state index is 0.0255. The lowest BCUT2D eigenvalue weighted by Crippen LogP contribution is -2.61. The third-order valence-electron chi connectivity index (χ3n) is 3.13. The van der Waals surface area contributed by atoms with Crippen molar-refractivity contribution in [2.24, 2.45) is 0 Å². The molecule has 1 aliphatic heterocycles. The summed E-state index contributed by atoms with van der Waals surface area (Å²) >= 11 is 0. The lowest BCUT2D eigenvalue weighted by Gasteiger charge is -2.38. The Hall–Kier alpha value is -1.62. The van der Waals surface area contributed by atoms with Crippen molar-refractivity contribution >= 4 is 11.6 Å². The summed E-state index contributed by atoms with van der Waals surface area (Å²) in [4.78, 5) is 13.9. The zero-order chi connectivity index (χ0) is 13.3. The van der Waals surface area contributed by atoms with Gasteiger partial charge in [-0.3, -0.25) is 4.79 Å². The Morgan fingerprint density at radius 3 is 2.83 bits per heavy atom. The van der Waals surface area contributed by atoms with Crippen molar-refractivity contribution in [3.8, 4) is 5.75 Å². The van der Waals surface area contributed by atoms with Crippen molar-refractivity contribution in [3.05, 3.63) is 24.0 Å². The monoisotopic (exact) mass is 252 g/mol. The second kappa shape index (κ2) is 4.57. The predicted molar refractivity (Wildman–Crippen MR) is 67.4 cm³/mol. The van der Waals surface area contributed by atoms with E-state index in [1.54, 1.807) is 17.0 Å². The molecule has 1 amide bonds. The normalized spacial score (nSPS) is 18.9. The third kappa shape index (κ3) is 2.18. The van der Waals surface area contributed by atoms with Crippen LogP contribution in [0.4, 0.5) is 10.1 Å². The first-order valence-corrected chi connectivity index (χ1v) is 5.86. The predicted octanol–water partition coefficient (Wildman–Crippen LogP) is 1.55. The zero-order valence-corrected chi connectivity index (χ0v) is 10.8. The first-order valence-electron chi connectivity index (χ1n) is 5.86. The van der Waals surface area contributed by atoms with Crippen LogP contribution in [0.15, 0.2) is 18.2 Å². The molecule has 1 aromatic rings. The summed E-state index contributed by atoms with van der Waals surface area (Å²) in [7, 11) is 1.41. The van der Waals surface area contributed by atoms with E-state index in [1.807, 2.05) is 13.8 Å². The first-order chi connectivity index (χ1) is 8.45. The maximum absolute atomic E-state index is 13.3. The molecule has 0 saturated carbocycles. The molecule has 1 N–H and O–H groups in total. The van der Waals surface area contributed by atoms with Crippen molar-refractivity contribution in [3.63, 3.8) is 0 Å². The lowest BCUT2D eigenvalue weighted by atomic mass is 10.0. The van der Waals surface area contributed by atoms with Crippen LogP contribution < -0.4 is 15.0 Å². The molecule has 98 valence electrons. The van der Waals surface area contributed by atoms with Crippen LogP contribution in [0.25, 0.3) is 0 Å². The highest BCUT2D eigenvalue weighted by atomic mass is 19.1. The van der Waals surface area contributed by atoms with Gasteiger partial charge in [-0.25, -0.2) is 4.39 Å². The average molecular weight is 252 g/mol. The minimum atomic E-state index is -0.597. The molecule has 5 heteroatoms. The number of rotatable bonds is 2. The van der Waals surface area contributed by atoms with Crippen LogP contribution in [-0.2, 0) is 4.79 Å². The number of nitrogens with zero attached hydrogens (tertiary/aromatic N) is 1. The van der Waals surface area contributed by atoms with Crippen molar-refractivity contribution in [2.75, 3.05) is 25.1 Å². The summed E-state index contributed by atoms with van der Waals surface area (Å²) < 4.78 is 18.3. The van der Waals surface area contributed by atoms with Gasteiger partial charge in [0.2, 0.25) is 5.91 Å². The van der Waals surface area contributed by atoms with Crippen LogP contribution >= 0.6 is 0 Å². The number of hydrogen-bond donors (Lipinski definition) is 1. The van der Waals surface area contributed by atoms with Gasteiger partial charge in [0.25, 0.3) is 0 Å². The number of methoxy groups -OCH3 is 1. The number of anilines is 1. The van der Waals surface area contributed by atoms with Crippen molar-refractivity contribution in [1.29, 1.82) is 0 Å². The number of halogens is 1. The number of amides is 1. The second-order valence-corrected chi connectivity index (χ2v) is 4.83. The summed E-state index contributed by atoms with van der Waals surface area (Å²) in [5, 5.41) is 3.15. The van der Waals surface area contributed by atoms with Gasteiger partial charge in [0.15, 0.2) is 11.6 Å². The van der Waals surface area contributed by atoms with E-state index in [1.165, 1.54) is 13.2 Å². The van der Waals surface area contributed by atoms with Crippen molar-refractivity contribution in [2.45, 2.75) is 19.4 Å². The van der Waals surface area contributed by atoms with E-state index < -0.39 is 11.4 Å². The number of piperazine rings is 1. The van der Waals surface area contributed by atoms with Crippen molar-refractivity contribution < 1.29 is 13.9 Å². The quantitative estimate of drug-likeness (QED) is 0.868. The fraction of sp³-hybridized carbons (Fsp3) is 0.462. The number of benzene rings is 1. The summed E-state index contributed by atoms with van der Waals surface area (Å²) in [6, 6.07) is 4.46. The molecule has 1 saturated heterocycles. The van der Waals surface area contributed by atoms with Crippen LogP contribution in [-0.4, -0.2) is 31.6 Å². The Morgan fingerprint density at radius 2 is 2.17 bits per heavy atom. The SMILES string of the molecule is COc1cc(N2CCNC(C)(C)C2=O)ccc1F. The van der Waals surface area contributed by atoms with Gasteiger partial charge < -0.3 is 15.0 Å².